The van der Waals surface area contributed by atoms with Gasteiger partial charge in [0.2, 0.25) is 5.91 Å². The van der Waals surface area contributed by atoms with Crippen molar-refractivity contribution in [3.8, 4) is 0 Å². The fourth-order valence-corrected chi connectivity index (χ4v) is 3.40. The molecular formula is C16H21NO2. The van der Waals surface area contributed by atoms with Gasteiger partial charge in [0, 0.05) is 12.7 Å². The first kappa shape index (κ1) is 12.7. The minimum absolute atomic E-state index is 0.138. The number of aliphatic hydroxyl groups excluding tert-OH is 1. The molecule has 1 saturated carbocycles. The number of carbonyl (C=O) groups excluding carboxylic acids is 1. The Balaban J connectivity index is 1.82. The predicted molar refractivity (Wildman–Crippen MR) is 75.1 cm³/mol. The second-order valence-corrected chi connectivity index (χ2v) is 5.86. The largest absolute Gasteiger partial charge is 0.388 e. The molecule has 0 bridgehead atoms. The molecule has 1 fully saturated rings. The molecule has 3 heteroatoms. The molecule has 1 unspecified atom stereocenters. The first-order chi connectivity index (χ1) is 9.16. The molecule has 1 aromatic carbocycles. The van der Waals surface area contributed by atoms with Gasteiger partial charge in [-0.1, -0.05) is 31.4 Å². The lowest BCUT2D eigenvalue weighted by atomic mass is 9.82. The molecule has 0 spiro atoms. The summed E-state index contributed by atoms with van der Waals surface area (Å²) < 4.78 is 0. The molecule has 1 amide bonds. The number of nitrogens with zero attached hydrogens (tertiary/aromatic N) is 1. The average Bonchev–Trinajstić information content (AvgIpc) is 2.74. The van der Waals surface area contributed by atoms with Crippen LogP contribution in [0.3, 0.4) is 0 Å². The Hall–Kier alpha value is -1.35. The van der Waals surface area contributed by atoms with Gasteiger partial charge in [-0.25, -0.2) is 0 Å². The topological polar surface area (TPSA) is 40.5 Å². The van der Waals surface area contributed by atoms with Gasteiger partial charge in [0.15, 0.2) is 0 Å². The summed E-state index contributed by atoms with van der Waals surface area (Å²) >= 11 is 0. The molecule has 102 valence electrons. The van der Waals surface area contributed by atoms with E-state index >= 15 is 0 Å². The van der Waals surface area contributed by atoms with Crippen molar-refractivity contribution >= 4 is 11.6 Å². The van der Waals surface area contributed by atoms with Crippen molar-refractivity contribution in [1.29, 1.82) is 0 Å². The molecule has 1 aromatic rings. The standard InChI is InChI=1S/C16H21NO2/c1-17-14-8-7-12(9-13(14)10-15(17)18)16(19)11-5-3-2-4-6-11/h7-9,11,16,19H,2-6,10H2,1H3. The Bertz CT molecular complexity index is 492. The van der Waals surface area contributed by atoms with Crippen LogP contribution in [0.5, 0.6) is 0 Å². The van der Waals surface area contributed by atoms with E-state index in [0.717, 1.165) is 29.7 Å². The number of anilines is 1. The highest BCUT2D eigenvalue weighted by Gasteiger charge is 2.27. The summed E-state index contributed by atoms with van der Waals surface area (Å²) in [4.78, 5) is 13.4. The molecule has 3 nitrogen and oxygen atoms in total. The van der Waals surface area contributed by atoms with E-state index in [1.54, 1.807) is 4.90 Å². The predicted octanol–water partition coefficient (Wildman–Crippen LogP) is 2.82. The lowest BCUT2D eigenvalue weighted by Gasteiger charge is -2.27. The summed E-state index contributed by atoms with van der Waals surface area (Å²) in [5.41, 5.74) is 3.03. The lowest BCUT2D eigenvalue weighted by Crippen LogP contribution is -2.20. The number of hydrogen-bond acceptors (Lipinski definition) is 2. The van der Waals surface area contributed by atoms with Crippen molar-refractivity contribution in [1.82, 2.24) is 0 Å². The van der Waals surface area contributed by atoms with Crippen molar-refractivity contribution in [3.05, 3.63) is 29.3 Å². The van der Waals surface area contributed by atoms with Crippen molar-refractivity contribution < 1.29 is 9.90 Å². The van der Waals surface area contributed by atoms with Gasteiger partial charge in [-0.05, 0) is 36.0 Å². The fraction of sp³-hybridized carbons (Fsp3) is 0.562. The summed E-state index contributed by atoms with van der Waals surface area (Å²) in [7, 11) is 1.81. The zero-order valence-electron chi connectivity index (χ0n) is 11.4. The molecular weight excluding hydrogens is 238 g/mol. The number of aliphatic hydroxyl groups is 1. The number of amides is 1. The van der Waals surface area contributed by atoms with E-state index in [4.69, 9.17) is 0 Å². The number of likely N-dealkylation sites (N-methyl/N-ethyl adjacent to an activating group) is 1. The van der Waals surface area contributed by atoms with E-state index in [-0.39, 0.29) is 12.0 Å². The molecule has 1 aliphatic heterocycles. The van der Waals surface area contributed by atoms with E-state index in [1.807, 2.05) is 25.2 Å². The average molecular weight is 259 g/mol. The highest BCUT2D eigenvalue weighted by Crippen LogP contribution is 2.37. The van der Waals surface area contributed by atoms with Crippen LogP contribution < -0.4 is 4.90 Å². The zero-order valence-corrected chi connectivity index (χ0v) is 11.4. The van der Waals surface area contributed by atoms with Gasteiger partial charge < -0.3 is 10.0 Å². The molecule has 1 heterocycles. The molecule has 1 N–H and O–H groups in total. The van der Waals surface area contributed by atoms with Crippen molar-refractivity contribution in [3.63, 3.8) is 0 Å². The second-order valence-electron chi connectivity index (χ2n) is 5.86. The summed E-state index contributed by atoms with van der Waals surface area (Å²) in [5.74, 6) is 0.529. The van der Waals surface area contributed by atoms with Gasteiger partial charge in [0.1, 0.15) is 0 Å². The smallest absolute Gasteiger partial charge is 0.231 e. The number of rotatable bonds is 2. The molecule has 0 radical (unpaired) electrons. The maximum absolute atomic E-state index is 11.7. The number of benzene rings is 1. The van der Waals surface area contributed by atoms with Crippen LogP contribution in [-0.2, 0) is 11.2 Å². The van der Waals surface area contributed by atoms with Crippen LogP contribution in [0.1, 0.15) is 49.3 Å². The van der Waals surface area contributed by atoms with E-state index in [2.05, 4.69) is 0 Å². The lowest BCUT2D eigenvalue weighted by molar-refractivity contribution is -0.117. The number of hydrogen-bond donors (Lipinski definition) is 1. The number of fused-ring (bicyclic) bond motifs is 1. The molecule has 0 aromatic heterocycles. The molecule has 1 atom stereocenters. The summed E-state index contributed by atoms with van der Waals surface area (Å²) in [6.07, 6.45) is 6.10. The first-order valence-electron chi connectivity index (χ1n) is 7.24. The van der Waals surface area contributed by atoms with Gasteiger partial charge in [-0.15, -0.1) is 0 Å². The van der Waals surface area contributed by atoms with Gasteiger partial charge >= 0.3 is 0 Å². The van der Waals surface area contributed by atoms with Gasteiger partial charge in [0.05, 0.1) is 12.5 Å². The number of carbonyl (C=O) groups is 1. The summed E-state index contributed by atoms with van der Waals surface area (Å²) in [5, 5.41) is 10.5. The summed E-state index contributed by atoms with van der Waals surface area (Å²) in [6.45, 7) is 0. The second kappa shape index (κ2) is 4.97. The quantitative estimate of drug-likeness (QED) is 0.887. The van der Waals surface area contributed by atoms with Crippen LogP contribution in [0.2, 0.25) is 0 Å². The maximum atomic E-state index is 11.7. The van der Waals surface area contributed by atoms with Crippen LogP contribution in [0.25, 0.3) is 0 Å². The summed E-state index contributed by atoms with van der Waals surface area (Å²) in [6, 6.07) is 5.98. The van der Waals surface area contributed by atoms with Gasteiger partial charge in [-0.2, -0.15) is 0 Å². The third kappa shape index (κ3) is 2.27. The zero-order chi connectivity index (χ0) is 13.4. The van der Waals surface area contributed by atoms with E-state index in [9.17, 15) is 9.90 Å². The van der Waals surface area contributed by atoms with Gasteiger partial charge in [-0.3, -0.25) is 4.79 Å². The Morgan fingerprint density at radius 1 is 1.26 bits per heavy atom. The van der Waals surface area contributed by atoms with Crippen molar-refractivity contribution in [2.24, 2.45) is 5.92 Å². The molecule has 1 aliphatic carbocycles. The van der Waals surface area contributed by atoms with Crippen LogP contribution in [-0.4, -0.2) is 18.1 Å². The van der Waals surface area contributed by atoms with Crippen molar-refractivity contribution in [2.75, 3.05) is 11.9 Å². The Morgan fingerprint density at radius 3 is 2.74 bits per heavy atom. The molecule has 2 aliphatic rings. The highest BCUT2D eigenvalue weighted by atomic mass is 16.3. The van der Waals surface area contributed by atoms with E-state index < -0.39 is 0 Å². The Kier molecular flexibility index (Phi) is 3.31. The third-order valence-electron chi connectivity index (χ3n) is 4.62. The van der Waals surface area contributed by atoms with Crippen molar-refractivity contribution in [2.45, 2.75) is 44.6 Å². The maximum Gasteiger partial charge on any atom is 0.231 e. The normalized spacial score (nSPS) is 21.6. The minimum Gasteiger partial charge on any atom is -0.388 e. The van der Waals surface area contributed by atoms with Crippen LogP contribution in [0.15, 0.2) is 18.2 Å². The van der Waals surface area contributed by atoms with E-state index in [1.165, 1.54) is 19.3 Å². The molecule has 3 rings (SSSR count). The van der Waals surface area contributed by atoms with Crippen LogP contribution in [0.4, 0.5) is 5.69 Å². The first-order valence-corrected chi connectivity index (χ1v) is 7.24. The molecule has 0 saturated heterocycles. The van der Waals surface area contributed by atoms with Crippen LogP contribution in [0, 0.1) is 5.92 Å². The fourth-order valence-electron chi connectivity index (χ4n) is 3.40. The minimum atomic E-state index is -0.369. The third-order valence-corrected chi connectivity index (χ3v) is 4.62. The Morgan fingerprint density at radius 2 is 2.00 bits per heavy atom. The van der Waals surface area contributed by atoms with Gasteiger partial charge in [0.25, 0.3) is 0 Å². The van der Waals surface area contributed by atoms with Crippen LogP contribution >= 0.6 is 0 Å². The Labute approximate surface area is 114 Å². The SMILES string of the molecule is CN1C(=O)Cc2cc(C(O)C3CCCCC3)ccc21. The highest BCUT2D eigenvalue weighted by molar-refractivity contribution is 6.00. The monoisotopic (exact) mass is 259 g/mol. The molecule has 19 heavy (non-hydrogen) atoms. The van der Waals surface area contributed by atoms with E-state index in [0.29, 0.717) is 12.3 Å².